The van der Waals surface area contributed by atoms with Gasteiger partial charge in [0.05, 0.1) is 11.6 Å². The fourth-order valence-corrected chi connectivity index (χ4v) is 3.42. The maximum Gasteiger partial charge on any atom is 0.258 e. The van der Waals surface area contributed by atoms with Crippen molar-refractivity contribution < 1.29 is 23.5 Å². The Labute approximate surface area is 190 Å². The third kappa shape index (κ3) is 7.60. The van der Waals surface area contributed by atoms with Gasteiger partial charge in [-0.05, 0) is 49.6 Å². The summed E-state index contributed by atoms with van der Waals surface area (Å²) in [4.78, 5) is 24.0. The number of amides is 2. The number of carbonyl (C=O) groups is 2. The molecular formula is C22H23Cl2FN2O4. The molecule has 166 valence electrons. The third-order valence-electron chi connectivity index (χ3n) is 4.74. The molecule has 0 radical (unpaired) electrons. The minimum Gasteiger partial charge on any atom is -0.494 e. The van der Waals surface area contributed by atoms with E-state index in [1.165, 1.54) is 12.1 Å². The van der Waals surface area contributed by atoms with Crippen LogP contribution in [0.15, 0.2) is 42.5 Å². The van der Waals surface area contributed by atoms with E-state index in [2.05, 4.69) is 10.6 Å². The Balaban J connectivity index is 1.24. The molecular weight excluding hydrogens is 446 g/mol. The van der Waals surface area contributed by atoms with E-state index in [0.29, 0.717) is 43.1 Å². The fourth-order valence-electron chi connectivity index (χ4n) is 3.12. The van der Waals surface area contributed by atoms with Gasteiger partial charge in [-0.2, -0.15) is 0 Å². The lowest BCUT2D eigenvalue weighted by atomic mass is 9.86. The molecule has 0 unspecified atom stereocenters. The van der Waals surface area contributed by atoms with Gasteiger partial charge in [-0.1, -0.05) is 29.3 Å². The highest BCUT2D eigenvalue weighted by Gasteiger charge is 2.31. The summed E-state index contributed by atoms with van der Waals surface area (Å²) in [6, 6.07) is 11.1. The molecule has 0 bridgehead atoms. The number of hydrogen-bond acceptors (Lipinski definition) is 4. The van der Waals surface area contributed by atoms with Crippen molar-refractivity contribution in [2.75, 3.05) is 13.2 Å². The van der Waals surface area contributed by atoms with Crippen LogP contribution in [0, 0.1) is 5.82 Å². The molecule has 0 atom stereocenters. The first-order chi connectivity index (χ1) is 14.9. The van der Waals surface area contributed by atoms with Crippen molar-refractivity contribution in [3.05, 3.63) is 58.3 Å². The molecule has 0 heterocycles. The minimum absolute atomic E-state index is 0.00649. The first-order valence-corrected chi connectivity index (χ1v) is 10.7. The smallest absolute Gasteiger partial charge is 0.258 e. The molecule has 0 spiro atoms. The molecule has 3 rings (SSSR count). The van der Waals surface area contributed by atoms with Crippen LogP contribution in [0.2, 0.25) is 10.0 Å². The zero-order valence-electron chi connectivity index (χ0n) is 16.7. The standard InChI is InChI=1S/C22H23Cl2FN2O4/c23-14-3-1-4-17(9-14)30-8-2-5-21(28)26-15-10-16(11-15)27-22(29)13-31-18-6-7-19(24)20(25)12-18/h1,3-4,6-7,9,12,15-16H,2,5,8,10-11,13H2,(H,26,28)(H,27,29). The maximum absolute atomic E-state index is 13.4. The second kappa shape index (κ2) is 11.2. The average Bonchev–Trinajstić information content (AvgIpc) is 2.70. The van der Waals surface area contributed by atoms with Crippen molar-refractivity contribution in [2.45, 2.75) is 37.8 Å². The Morgan fingerprint density at radius 1 is 0.968 bits per heavy atom. The van der Waals surface area contributed by atoms with E-state index >= 15 is 0 Å². The number of hydrogen-bond donors (Lipinski definition) is 2. The number of carbonyl (C=O) groups excluding carboxylic acids is 2. The zero-order valence-corrected chi connectivity index (χ0v) is 18.2. The van der Waals surface area contributed by atoms with Gasteiger partial charge in [0.2, 0.25) is 5.91 Å². The second-order valence-corrected chi connectivity index (χ2v) is 8.12. The van der Waals surface area contributed by atoms with Gasteiger partial charge in [0.25, 0.3) is 5.91 Å². The monoisotopic (exact) mass is 468 g/mol. The summed E-state index contributed by atoms with van der Waals surface area (Å²) < 4.78 is 24.2. The van der Waals surface area contributed by atoms with E-state index in [0.717, 1.165) is 6.07 Å². The summed E-state index contributed by atoms with van der Waals surface area (Å²) in [7, 11) is 0. The van der Waals surface area contributed by atoms with Crippen LogP contribution in [-0.4, -0.2) is 37.1 Å². The molecule has 1 aliphatic rings. The van der Waals surface area contributed by atoms with Crippen LogP contribution in [0.1, 0.15) is 25.7 Å². The Morgan fingerprint density at radius 3 is 2.39 bits per heavy atom. The Hall–Kier alpha value is -2.51. The van der Waals surface area contributed by atoms with Crippen molar-refractivity contribution in [1.82, 2.24) is 10.6 Å². The molecule has 6 nitrogen and oxygen atoms in total. The molecule has 0 saturated heterocycles. The first-order valence-electron chi connectivity index (χ1n) is 9.94. The number of ether oxygens (including phenoxy) is 2. The van der Waals surface area contributed by atoms with Crippen molar-refractivity contribution in [3.63, 3.8) is 0 Å². The number of nitrogens with one attached hydrogen (secondary N) is 2. The minimum atomic E-state index is -0.604. The van der Waals surface area contributed by atoms with Crippen LogP contribution in [-0.2, 0) is 9.59 Å². The van der Waals surface area contributed by atoms with Gasteiger partial charge in [0, 0.05) is 29.6 Å². The van der Waals surface area contributed by atoms with E-state index in [9.17, 15) is 14.0 Å². The lowest BCUT2D eigenvalue weighted by molar-refractivity contribution is -0.124. The van der Waals surface area contributed by atoms with Gasteiger partial charge in [-0.15, -0.1) is 0 Å². The molecule has 2 aromatic rings. The third-order valence-corrected chi connectivity index (χ3v) is 5.28. The van der Waals surface area contributed by atoms with E-state index in [4.69, 9.17) is 32.7 Å². The van der Waals surface area contributed by atoms with E-state index in [1.807, 2.05) is 6.07 Å². The summed E-state index contributed by atoms with van der Waals surface area (Å²) in [5.74, 6) is -0.0418. The highest BCUT2D eigenvalue weighted by molar-refractivity contribution is 6.31. The first kappa shape index (κ1) is 23.2. The predicted molar refractivity (Wildman–Crippen MR) is 116 cm³/mol. The molecule has 1 aliphatic carbocycles. The van der Waals surface area contributed by atoms with Crippen LogP contribution < -0.4 is 20.1 Å². The zero-order chi connectivity index (χ0) is 22.2. The van der Waals surface area contributed by atoms with E-state index in [-0.39, 0.29) is 41.3 Å². The summed E-state index contributed by atoms with van der Waals surface area (Å²) >= 11 is 11.5. The Bertz CT molecular complexity index is 922. The molecule has 1 fully saturated rings. The van der Waals surface area contributed by atoms with Crippen LogP contribution in [0.5, 0.6) is 11.5 Å². The average molecular weight is 469 g/mol. The van der Waals surface area contributed by atoms with Crippen molar-refractivity contribution in [2.24, 2.45) is 0 Å². The molecule has 9 heteroatoms. The molecule has 2 N–H and O–H groups in total. The van der Waals surface area contributed by atoms with Crippen LogP contribution >= 0.6 is 23.2 Å². The van der Waals surface area contributed by atoms with E-state index in [1.54, 1.807) is 18.2 Å². The normalized spacial score (nSPS) is 17.4. The SMILES string of the molecule is O=C(CCCOc1cccc(Cl)c1)NC1CC(NC(=O)COc2ccc(Cl)c(F)c2)C1. The molecule has 31 heavy (non-hydrogen) atoms. The summed E-state index contributed by atoms with van der Waals surface area (Å²) in [6.45, 7) is 0.204. The van der Waals surface area contributed by atoms with Gasteiger partial charge in [0.15, 0.2) is 6.61 Å². The van der Waals surface area contributed by atoms with Crippen LogP contribution in [0.25, 0.3) is 0 Å². The lowest BCUT2D eigenvalue weighted by Crippen LogP contribution is -2.54. The maximum atomic E-state index is 13.4. The van der Waals surface area contributed by atoms with Gasteiger partial charge in [0.1, 0.15) is 17.3 Å². The largest absolute Gasteiger partial charge is 0.494 e. The van der Waals surface area contributed by atoms with Crippen LogP contribution in [0.4, 0.5) is 4.39 Å². The Morgan fingerprint density at radius 2 is 1.68 bits per heavy atom. The van der Waals surface area contributed by atoms with Gasteiger partial charge in [-0.25, -0.2) is 4.39 Å². The summed E-state index contributed by atoms with van der Waals surface area (Å²) in [6.07, 6.45) is 2.27. The molecule has 1 saturated carbocycles. The quantitative estimate of drug-likeness (QED) is 0.513. The highest BCUT2D eigenvalue weighted by atomic mass is 35.5. The number of halogens is 3. The van der Waals surface area contributed by atoms with Crippen molar-refractivity contribution in [1.29, 1.82) is 0 Å². The van der Waals surface area contributed by atoms with E-state index < -0.39 is 5.82 Å². The predicted octanol–water partition coefficient (Wildman–Crippen LogP) is 4.13. The number of benzene rings is 2. The lowest BCUT2D eigenvalue weighted by Gasteiger charge is -2.36. The van der Waals surface area contributed by atoms with Gasteiger partial charge >= 0.3 is 0 Å². The van der Waals surface area contributed by atoms with Crippen molar-refractivity contribution >= 4 is 35.0 Å². The summed E-state index contributed by atoms with van der Waals surface area (Å²) in [5.41, 5.74) is 0. The Kier molecular flexibility index (Phi) is 8.37. The van der Waals surface area contributed by atoms with Gasteiger partial charge < -0.3 is 20.1 Å². The molecule has 0 aliphatic heterocycles. The molecule has 2 amide bonds. The van der Waals surface area contributed by atoms with Crippen LogP contribution in [0.3, 0.4) is 0 Å². The topological polar surface area (TPSA) is 76.7 Å². The van der Waals surface area contributed by atoms with Crippen molar-refractivity contribution in [3.8, 4) is 11.5 Å². The molecule has 2 aromatic carbocycles. The molecule has 0 aromatic heterocycles. The number of rotatable bonds is 10. The van der Waals surface area contributed by atoms with Gasteiger partial charge in [-0.3, -0.25) is 9.59 Å². The highest BCUT2D eigenvalue weighted by Crippen LogP contribution is 2.22. The fraction of sp³-hybridized carbons (Fsp3) is 0.364. The second-order valence-electron chi connectivity index (χ2n) is 7.27. The summed E-state index contributed by atoms with van der Waals surface area (Å²) in [5, 5.41) is 6.37.